The molecule has 0 amide bonds. The van der Waals surface area contributed by atoms with Crippen molar-refractivity contribution in [2.24, 2.45) is 0 Å². The number of aliphatic hydroxyl groups is 1. The van der Waals surface area contributed by atoms with Gasteiger partial charge in [-0.2, -0.15) is 5.26 Å². The van der Waals surface area contributed by atoms with E-state index in [2.05, 4.69) is 11.0 Å². The van der Waals surface area contributed by atoms with E-state index in [9.17, 15) is 5.11 Å². The molecule has 1 saturated heterocycles. The summed E-state index contributed by atoms with van der Waals surface area (Å²) in [5, 5.41) is 18.5. The first-order chi connectivity index (χ1) is 7.11. The summed E-state index contributed by atoms with van der Waals surface area (Å²) in [4.78, 5) is 2.14. The lowest BCUT2D eigenvalue weighted by Crippen LogP contribution is -2.29. The van der Waals surface area contributed by atoms with E-state index in [1.807, 2.05) is 31.2 Å². The normalized spacial score (nSPS) is 25.3. The number of hydrogen-bond donors (Lipinski definition) is 1. The molecule has 1 unspecified atom stereocenters. The van der Waals surface area contributed by atoms with Crippen molar-refractivity contribution in [1.82, 2.24) is 0 Å². The Morgan fingerprint density at radius 3 is 2.53 bits per heavy atom. The number of rotatable bonds is 1. The second kappa shape index (κ2) is 3.56. The molecule has 1 N–H and O–H groups in total. The van der Waals surface area contributed by atoms with E-state index in [1.54, 1.807) is 0 Å². The highest BCUT2D eigenvalue weighted by atomic mass is 16.3. The molecular formula is C12H14N2O. The van der Waals surface area contributed by atoms with Crippen LogP contribution in [0.4, 0.5) is 5.69 Å². The molecule has 0 radical (unpaired) electrons. The third-order valence-electron chi connectivity index (χ3n) is 2.81. The molecule has 2 rings (SSSR count). The minimum Gasteiger partial charge on any atom is -0.388 e. The van der Waals surface area contributed by atoms with Crippen LogP contribution in [0, 0.1) is 11.3 Å². The van der Waals surface area contributed by atoms with Gasteiger partial charge in [0.2, 0.25) is 0 Å². The van der Waals surface area contributed by atoms with E-state index in [1.165, 1.54) is 0 Å². The monoisotopic (exact) mass is 202 g/mol. The summed E-state index contributed by atoms with van der Waals surface area (Å²) in [5.41, 5.74) is 1.17. The van der Waals surface area contributed by atoms with Crippen molar-refractivity contribution in [1.29, 1.82) is 5.26 Å². The molecule has 1 fully saturated rings. The SMILES string of the molecule is CC1(O)CCN(c2ccc(C#N)cc2)C1. The fourth-order valence-electron chi connectivity index (χ4n) is 1.91. The van der Waals surface area contributed by atoms with Crippen molar-refractivity contribution in [3.63, 3.8) is 0 Å². The molecule has 0 spiro atoms. The smallest absolute Gasteiger partial charge is 0.0991 e. The second-order valence-electron chi connectivity index (χ2n) is 4.33. The van der Waals surface area contributed by atoms with Crippen LogP contribution >= 0.6 is 0 Å². The highest BCUT2D eigenvalue weighted by Crippen LogP contribution is 2.26. The van der Waals surface area contributed by atoms with Crippen molar-refractivity contribution in [2.45, 2.75) is 18.9 Å². The van der Waals surface area contributed by atoms with Crippen molar-refractivity contribution >= 4 is 5.69 Å². The topological polar surface area (TPSA) is 47.3 Å². The maximum absolute atomic E-state index is 9.83. The van der Waals surface area contributed by atoms with Crippen LogP contribution in [0.1, 0.15) is 18.9 Å². The van der Waals surface area contributed by atoms with Gasteiger partial charge in [-0.05, 0) is 37.6 Å². The first kappa shape index (κ1) is 10.0. The molecule has 1 heterocycles. The molecule has 0 bridgehead atoms. The Morgan fingerprint density at radius 1 is 1.40 bits per heavy atom. The molecule has 1 aromatic rings. The average molecular weight is 202 g/mol. The van der Waals surface area contributed by atoms with Gasteiger partial charge in [-0.3, -0.25) is 0 Å². The highest BCUT2D eigenvalue weighted by Gasteiger charge is 2.31. The molecule has 3 heteroatoms. The van der Waals surface area contributed by atoms with Gasteiger partial charge < -0.3 is 10.0 Å². The first-order valence-corrected chi connectivity index (χ1v) is 5.08. The summed E-state index contributed by atoms with van der Waals surface area (Å²) in [6.45, 7) is 3.40. The van der Waals surface area contributed by atoms with Crippen molar-refractivity contribution in [2.75, 3.05) is 18.0 Å². The van der Waals surface area contributed by atoms with Gasteiger partial charge in [0.1, 0.15) is 0 Å². The fraction of sp³-hybridized carbons (Fsp3) is 0.417. The zero-order chi connectivity index (χ0) is 10.9. The van der Waals surface area contributed by atoms with Crippen LogP contribution in [0.5, 0.6) is 0 Å². The average Bonchev–Trinajstić information content (AvgIpc) is 2.59. The van der Waals surface area contributed by atoms with Gasteiger partial charge >= 0.3 is 0 Å². The van der Waals surface area contributed by atoms with Gasteiger partial charge in [-0.1, -0.05) is 0 Å². The van der Waals surface area contributed by atoms with E-state index >= 15 is 0 Å². The lowest BCUT2D eigenvalue weighted by molar-refractivity contribution is 0.0839. The predicted molar refractivity (Wildman–Crippen MR) is 58.6 cm³/mol. The molecule has 1 aromatic carbocycles. The Morgan fingerprint density at radius 2 is 2.07 bits per heavy atom. The Bertz CT molecular complexity index is 389. The molecule has 0 aliphatic carbocycles. The number of nitrogens with zero attached hydrogens (tertiary/aromatic N) is 2. The van der Waals surface area contributed by atoms with Crippen molar-refractivity contribution < 1.29 is 5.11 Å². The predicted octanol–water partition coefficient (Wildman–Crippen LogP) is 1.52. The summed E-state index contributed by atoms with van der Waals surface area (Å²) < 4.78 is 0. The minimum absolute atomic E-state index is 0.575. The summed E-state index contributed by atoms with van der Waals surface area (Å²) in [7, 11) is 0. The van der Waals surface area contributed by atoms with E-state index in [0.29, 0.717) is 12.1 Å². The van der Waals surface area contributed by atoms with Crippen LogP contribution < -0.4 is 4.90 Å². The van der Waals surface area contributed by atoms with E-state index < -0.39 is 5.60 Å². The summed E-state index contributed by atoms with van der Waals surface area (Å²) in [5.74, 6) is 0. The second-order valence-corrected chi connectivity index (χ2v) is 4.33. The zero-order valence-electron chi connectivity index (χ0n) is 8.77. The molecular weight excluding hydrogens is 188 g/mol. The molecule has 0 saturated carbocycles. The van der Waals surface area contributed by atoms with Crippen LogP contribution in [0.3, 0.4) is 0 Å². The lowest BCUT2D eigenvalue weighted by atomic mass is 10.1. The number of anilines is 1. The maximum Gasteiger partial charge on any atom is 0.0991 e. The highest BCUT2D eigenvalue weighted by molar-refractivity contribution is 5.50. The van der Waals surface area contributed by atoms with E-state index in [4.69, 9.17) is 5.26 Å². The van der Waals surface area contributed by atoms with E-state index in [0.717, 1.165) is 18.7 Å². The molecule has 1 atom stereocenters. The molecule has 3 nitrogen and oxygen atoms in total. The Labute approximate surface area is 89.6 Å². The first-order valence-electron chi connectivity index (χ1n) is 5.08. The van der Waals surface area contributed by atoms with Gasteiger partial charge in [-0.25, -0.2) is 0 Å². The Hall–Kier alpha value is -1.53. The minimum atomic E-state index is -0.575. The number of β-amino-alcohol motifs (C(OH)–C–C–N with tert-alkyl or cyclic N) is 1. The van der Waals surface area contributed by atoms with Gasteiger partial charge in [0.05, 0.1) is 17.2 Å². The zero-order valence-corrected chi connectivity index (χ0v) is 8.77. The van der Waals surface area contributed by atoms with Crippen LogP contribution in [-0.2, 0) is 0 Å². The molecule has 1 aliphatic rings. The maximum atomic E-state index is 9.83. The fourth-order valence-corrected chi connectivity index (χ4v) is 1.91. The van der Waals surface area contributed by atoms with Gasteiger partial charge in [-0.15, -0.1) is 0 Å². The Kier molecular flexibility index (Phi) is 2.37. The standard InChI is InChI=1S/C12H14N2O/c1-12(15)6-7-14(9-12)11-4-2-10(8-13)3-5-11/h2-5,15H,6-7,9H2,1H3. The van der Waals surface area contributed by atoms with Gasteiger partial charge in [0, 0.05) is 18.8 Å². The Balaban J connectivity index is 2.15. The van der Waals surface area contributed by atoms with Crippen molar-refractivity contribution in [3.8, 4) is 6.07 Å². The number of nitriles is 1. The summed E-state index contributed by atoms with van der Waals surface area (Å²) >= 11 is 0. The third kappa shape index (κ3) is 2.11. The van der Waals surface area contributed by atoms with Crippen molar-refractivity contribution in [3.05, 3.63) is 29.8 Å². The molecule has 0 aromatic heterocycles. The third-order valence-corrected chi connectivity index (χ3v) is 2.81. The quantitative estimate of drug-likeness (QED) is 0.751. The van der Waals surface area contributed by atoms with E-state index in [-0.39, 0.29) is 0 Å². The lowest BCUT2D eigenvalue weighted by Gasteiger charge is -2.20. The van der Waals surface area contributed by atoms with Crippen LogP contribution in [0.15, 0.2) is 24.3 Å². The van der Waals surface area contributed by atoms with Crippen LogP contribution in [-0.4, -0.2) is 23.8 Å². The van der Waals surface area contributed by atoms with Gasteiger partial charge in [0.15, 0.2) is 0 Å². The van der Waals surface area contributed by atoms with Gasteiger partial charge in [0.25, 0.3) is 0 Å². The molecule has 15 heavy (non-hydrogen) atoms. The van der Waals surface area contributed by atoms with Crippen LogP contribution in [0.25, 0.3) is 0 Å². The largest absolute Gasteiger partial charge is 0.388 e. The van der Waals surface area contributed by atoms with Crippen LogP contribution in [0.2, 0.25) is 0 Å². The molecule has 1 aliphatic heterocycles. The summed E-state index contributed by atoms with van der Waals surface area (Å²) in [6.07, 6.45) is 0.799. The number of hydrogen-bond acceptors (Lipinski definition) is 3. The molecule has 78 valence electrons. The number of benzene rings is 1. The summed E-state index contributed by atoms with van der Waals surface area (Å²) in [6, 6.07) is 9.57.